The van der Waals surface area contributed by atoms with Gasteiger partial charge in [-0.25, -0.2) is 0 Å². The van der Waals surface area contributed by atoms with E-state index >= 15 is 0 Å². The van der Waals surface area contributed by atoms with Crippen LogP contribution in [0.25, 0.3) is 6.08 Å². The van der Waals surface area contributed by atoms with Crippen molar-refractivity contribution in [2.45, 2.75) is 0 Å². The highest BCUT2D eigenvalue weighted by atomic mass is 35.5. The van der Waals surface area contributed by atoms with Crippen LogP contribution in [-0.4, -0.2) is 11.1 Å². The number of carbonyl (C=O) groups excluding carboxylic acids is 1. The number of nitrogens with zero attached hydrogens (tertiary/aromatic N) is 1. The van der Waals surface area contributed by atoms with Crippen LogP contribution < -0.4 is 5.06 Å². The zero-order chi connectivity index (χ0) is 13.0. The van der Waals surface area contributed by atoms with Crippen molar-refractivity contribution in [3.8, 4) is 0 Å². The molecule has 5 heteroatoms. The summed E-state index contributed by atoms with van der Waals surface area (Å²) in [5, 5.41) is 10.7. The zero-order valence-electron chi connectivity index (χ0n) is 9.29. The molecule has 1 heterocycles. The van der Waals surface area contributed by atoms with Gasteiger partial charge in [0.05, 0.1) is 12.0 Å². The summed E-state index contributed by atoms with van der Waals surface area (Å²) < 4.78 is 5.03. The highest BCUT2D eigenvalue weighted by molar-refractivity contribution is 6.30. The first kappa shape index (κ1) is 12.4. The molecule has 0 bridgehead atoms. The molecule has 0 fully saturated rings. The average molecular weight is 264 g/mol. The van der Waals surface area contributed by atoms with E-state index in [1.165, 1.54) is 18.4 Å². The first-order chi connectivity index (χ1) is 8.66. The van der Waals surface area contributed by atoms with E-state index in [9.17, 15) is 10.0 Å². The first-order valence-corrected chi connectivity index (χ1v) is 5.55. The maximum atomic E-state index is 11.6. The summed E-state index contributed by atoms with van der Waals surface area (Å²) in [6, 6.07) is 9.67. The molecule has 1 amide bonds. The molecule has 1 N–H and O–H groups in total. The molecule has 1 aromatic heterocycles. The predicted octanol–water partition coefficient (Wildman–Crippen LogP) is 3.37. The van der Waals surface area contributed by atoms with Gasteiger partial charge in [0, 0.05) is 11.1 Å². The summed E-state index contributed by atoms with van der Waals surface area (Å²) in [7, 11) is 0. The van der Waals surface area contributed by atoms with Gasteiger partial charge in [-0.1, -0.05) is 11.6 Å². The van der Waals surface area contributed by atoms with Crippen LogP contribution in [0.4, 0.5) is 5.69 Å². The van der Waals surface area contributed by atoms with Crippen LogP contribution in [0.2, 0.25) is 5.02 Å². The molecule has 0 atom stereocenters. The van der Waals surface area contributed by atoms with Gasteiger partial charge in [0.1, 0.15) is 5.76 Å². The van der Waals surface area contributed by atoms with Gasteiger partial charge in [0.25, 0.3) is 5.91 Å². The minimum absolute atomic E-state index is 0.341. The summed E-state index contributed by atoms with van der Waals surface area (Å²) in [4.78, 5) is 11.6. The quantitative estimate of drug-likeness (QED) is 0.525. The summed E-state index contributed by atoms with van der Waals surface area (Å²) in [5.74, 6) is -0.0402. The van der Waals surface area contributed by atoms with Gasteiger partial charge in [-0.15, -0.1) is 0 Å². The molecular formula is C13H10ClNO3. The summed E-state index contributed by atoms with van der Waals surface area (Å²) in [5.41, 5.74) is 0.341. The van der Waals surface area contributed by atoms with Crippen molar-refractivity contribution in [1.29, 1.82) is 0 Å². The number of hydrogen-bond acceptors (Lipinski definition) is 3. The van der Waals surface area contributed by atoms with Crippen LogP contribution in [0.15, 0.2) is 53.2 Å². The van der Waals surface area contributed by atoms with Gasteiger partial charge >= 0.3 is 0 Å². The van der Waals surface area contributed by atoms with E-state index in [4.69, 9.17) is 16.0 Å². The Morgan fingerprint density at radius 1 is 1.28 bits per heavy atom. The monoisotopic (exact) mass is 263 g/mol. The highest BCUT2D eigenvalue weighted by Crippen LogP contribution is 2.17. The Kier molecular flexibility index (Phi) is 3.82. The average Bonchev–Trinajstić information content (AvgIpc) is 2.89. The second-order valence-corrected chi connectivity index (χ2v) is 3.91. The molecule has 2 aromatic rings. The fraction of sp³-hybridized carbons (Fsp3) is 0. The highest BCUT2D eigenvalue weighted by Gasteiger charge is 2.09. The molecule has 18 heavy (non-hydrogen) atoms. The van der Waals surface area contributed by atoms with Crippen LogP contribution >= 0.6 is 11.6 Å². The van der Waals surface area contributed by atoms with Crippen LogP contribution in [0.5, 0.6) is 0 Å². The lowest BCUT2D eigenvalue weighted by Crippen LogP contribution is -2.24. The number of rotatable bonds is 3. The Balaban J connectivity index is 2.07. The first-order valence-electron chi connectivity index (χ1n) is 5.17. The lowest BCUT2D eigenvalue weighted by Gasteiger charge is -2.12. The molecule has 0 aliphatic carbocycles. The third-order valence-electron chi connectivity index (χ3n) is 2.21. The summed E-state index contributed by atoms with van der Waals surface area (Å²) >= 11 is 5.71. The third kappa shape index (κ3) is 3.00. The number of hydroxylamine groups is 1. The lowest BCUT2D eigenvalue weighted by atomic mass is 10.3. The topological polar surface area (TPSA) is 53.7 Å². The molecule has 0 saturated heterocycles. The van der Waals surface area contributed by atoms with Crippen molar-refractivity contribution in [3.05, 3.63) is 59.5 Å². The molecule has 0 aliphatic rings. The van der Waals surface area contributed by atoms with Crippen molar-refractivity contribution in [3.63, 3.8) is 0 Å². The normalized spacial score (nSPS) is 10.8. The SMILES string of the molecule is O=C(C=Cc1ccco1)N(O)c1ccc(Cl)cc1. The van der Waals surface area contributed by atoms with E-state index in [1.54, 1.807) is 36.4 Å². The number of carbonyl (C=O) groups is 1. The van der Waals surface area contributed by atoms with Crippen molar-refractivity contribution >= 4 is 29.3 Å². The van der Waals surface area contributed by atoms with Gasteiger partial charge < -0.3 is 4.42 Å². The van der Waals surface area contributed by atoms with Crippen LogP contribution in [0, 0.1) is 0 Å². The molecular weight excluding hydrogens is 254 g/mol. The van der Waals surface area contributed by atoms with Gasteiger partial charge in [0.2, 0.25) is 0 Å². The van der Waals surface area contributed by atoms with Gasteiger partial charge in [-0.2, -0.15) is 5.06 Å². The molecule has 2 rings (SSSR count). The maximum absolute atomic E-state index is 11.6. The molecule has 0 aliphatic heterocycles. The second-order valence-electron chi connectivity index (χ2n) is 3.48. The van der Waals surface area contributed by atoms with Crippen LogP contribution in [0.3, 0.4) is 0 Å². The molecule has 1 aromatic carbocycles. The van der Waals surface area contributed by atoms with Crippen molar-refractivity contribution in [2.75, 3.05) is 5.06 Å². The number of halogens is 1. The van der Waals surface area contributed by atoms with Crippen molar-refractivity contribution in [2.24, 2.45) is 0 Å². The van der Waals surface area contributed by atoms with E-state index in [-0.39, 0.29) is 0 Å². The minimum atomic E-state index is -0.575. The maximum Gasteiger partial charge on any atom is 0.274 e. The number of hydrogen-bond donors (Lipinski definition) is 1. The van der Waals surface area contributed by atoms with Crippen LogP contribution in [-0.2, 0) is 4.79 Å². The fourth-order valence-corrected chi connectivity index (χ4v) is 1.45. The summed E-state index contributed by atoms with van der Waals surface area (Å²) in [6.07, 6.45) is 4.19. The lowest BCUT2D eigenvalue weighted by molar-refractivity contribution is -0.118. The summed E-state index contributed by atoms with van der Waals surface area (Å²) in [6.45, 7) is 0. The number of amides is 1. The zero-order valence-corrected chi connectivity index (χ0v) is 10.0. The Hall–Kier alpha value is -2.04. The second kappa shape index (κ2) is 5.53. The Bertz CT molecular complexity index is 546. The van der Waals surface area contributed by atoms with Gasteiger partial charge in [-0.3, -0.25) is 10.0 Å². The van der Waals surface area contributed by atoms with E-state index in [2.05, 4.69) is 0 Å². The fourth-order valence-electron chi connectivity index (χ4n) is 1.32. The number of benzene rings is 1. The van der Waals surface area contributed by atoms with E-state index in [1.807, 2.05) is 0 Å². The van der Waals surface area contributed by atoms with E-state index < -0.39 is 5.91 Å². The molecule has 0 spiro atoms. The van der Waals surface area contributed by atoms with Gasteiger partial charge in [-0.05, 0) is 42.5 Å². The van der Waals surface area contributed by atoms with E-state index in [0.29, 0.717) is 21.5 Å². The predicted molar refractivity (Wildman–Crippen MR) is 68.5 cm³/mol. The molecule has 0 saturated carbocycles. The standard InChI is InChI=1S/C13H10ClNO3/c14-10-3-5-11(6-4-10)15(17)13(16)8-7-12-2-1-9-18-12/h1-9,17H. The molecule has 0 radical (unpaired) electrons. The van der Waals surface area contributed by atoms with Crippen molar-refractivity contribution < 1.29 is 14.4 Å². The number of anilines is 1. The van der Waals surface area contributed by atoms with Gasteiger partial charge in [0.15, 0.2) is 0 Å². The molecule has 0 unspecified atom stereocenters. The Morgan fingerprint density at radius 3 is 2.61 bits per heavy atom. The smallest absolute Gasteiger partial charge is 0.274 e. The third-order valence-corrected chi connectivity index (χ3v) is 2.47. The number of furan rings is 1. The Labute approximate surface area is 109 Å². The van der Waals surface area contributed by atoms with Crippen LogP contribution in [0.1, 0.15) is 5.76 Å². The molecule has 92 valence electrons. The minimum Gasteiger partial charge on any atom is -0.465 e. The van der Waals surface area contributed by atoms with E-state index in [0.717, 1.165) is 0 Å². The Morgan fingerprint density at radius 2 is 2.00 bits per heavy atom. The largest absolute Gasteiger partial charge is 0.465 e. The van der Waals surface area contributed by atoms with Crippen molar-refractivity contribution in [1.82, 2.24) is 0 Å². The molecule has 4 nitrogen and oxygen atoms in total.